The maximum absolute atomic E-state index is 12.0. The van der Waals surface area contributed by atoms with Crippen LogP contribution >= 0.6 is 0 Å². The average molecular weight is 289 g/mol. The van der Waals surface area contributed by atoms with E-state index in [1.807, 2.05) is 6.07 Å². The molecule has 0 aliphatic heterocycles. The van der Waals surface area contributed by atoms with Gasteiger partial charge in [-0.25, -0.2) is 9.78 Å². The zero-order valence-electron chi connectivity index (χ0n) is 11.2. The van der Waals surface area contributed by atoms with E-state index in [-0.39, 0.29) is 18.0 Å². The van der Waals surface area contributed by atoms with Crippen LogP contribution in [0.15, 0.2) is 30.6 Å². The number of rotatable bonds is 6. The Bertz CT molecular complexity index is 651. The predicted molar refractivity (Wildman–Crippen MR) is 75.3 cm³/mol. The molecule has 2 aromatic rings. The first-order valence-electron chi connectivity index (χ1n) is 6.39. The number of aromatic amines is 1. The van der Waals surface area contributed by atoms with Crippen LogP contribution in [0.3, 0.4) is 0 Å². The van der Waals surface area contributed by atoms with Gasteiger partial charge in [-0.15, -0.1) is 0 Å². The summed E-state index contributed by atoms with van der Waals surface area (Å²) in [7, 11) is 0. The Balaban J connectivity index is 2.12. The van der Waals surface area contributed by atoms with E-state index in [2.05, 4.69) is 15.3 Å². The first kappa shape index (κ1) is 14.7. The van der Waals surface area contributed by atoms with E-state index in [4.69, 9.17) is 10.2 Å². The number of imidazole rings is 1. The lowest BCUT2D eigenvalue weighted by atomic mass is 10.1. The number of carboxylic acid groups (broad SMARTS) is 1. The minimum Gasteiger partial charge on any atom is -0.477 e. The molecule has 7 heteroatoms. The summed E-state index contributed by atoms with van der Waals surface area (Å²) in [6, 6.07) is 7.15. The van der Waals surface area contributed by atoms with Crippen LogP contribution in [0.5, 0.6) is 0 Å². The summed E-state index contributed by atoms with van der Waals surface area (Å²) >= 11 is 0. The minimum absolute atomic E-state index is 0.103. The van der Waals surface area contributed by atoms with Crippen molar-refractivity contribution in [2.24, 2.45) is 0 Å². The van der Waals surface area contributed by atoms with Gasteiger partial charge in [0.2, 0.25) is 0 Å². The number of aliphatic hydroxyl groups is 1. The molecule has 110 valence electrons. The van der Waals surface area contributed by atoms with Gasteiger partial charge in [-0.05, 0) is 30.5 Å². The fourth-order valence-corrected chi connectivity index (χ4v) is 1.91. The number of aryl methyl sites for hydroxylation is 1. The maximum atomic E-state index is 12.0. The van der Waals surface area contributed by atoms with Crippen molar-refractivity contribution in [2.45, 2.75) is 12.8 Å². The number of H-pyrrole nitrogens is 1. The summed E-state index contributed by atoms with van der Waals surface area (Å²) in [5, 5.41) is 20.4. The molecule has 1 aromatic heterocycles. The van der Waals surface area contributed by atoms with Crippen LogP contribution in [0.2, 0.25) is 0 Å². The lowest BCUT2D eigenvalue weighted by Crippen LogP contribution is -2.16. The first-order chi connectivity index (χ1) is 10.1. The van der Waals surface area contributed by atoms with Gasteiger partial charge in [0, 0.05) is 12.3 Å². The third-order valence-electron chi connectivity index (χ3n) is 2.88. The molecule has 0 radical (unpaired) electrons. The zero-order chi connectivity index (χ0) is 15.2. The standard InChI is InChI=1S/C14H15N3O4/c18-6-2-4-9-3-1-5-10(7-9)17-13(19)11-12(14(20)21)16-8-15-11/h1,3,5,7-8,18H,2,4,6H2,(H,15,16)(H,17,19)(H,20,21). The molecule has 0 saturated heterocycles. The van der Waals surface area contributed by atoms with Crippen molar-refractivity contribution in [1.29, 1.82) is 0 Å². The monoisotopic (exact) mass is 289 g/mol. The van der Waals surface area contributed by atoms with Crippen LogP contribution in [0.25, 0.3) is 0 Å². The summed E-state index contributed by atoms with van der Waals surface area (Å²) in [4.78, 5) is 29.1. The molecule has 4 N–H and O–H groups in total. The number of carbonyl (C=O) groups excluding carboxylic acids is 1. The molecule has 21 heavy (non-hydrogen) atoms. The van der Waals surface area contributed by atoms with Crippen LogP contribution < -0.4 is 5.32 Å². The van der Waals surface area contributed by atoms with Crippen LogP contribution in [0.1, 0.15) is 33.0 Å². The summed E-state index contributed by atoms with van der Waals surface area (Å²) in [5.41, 5.74) is 1.12. The number of hydrogen-bond donors (Lipinski definition) is 4. The Morgan fingerprint density at radius 1 is 1.33 bits per heavy atom. The minimum atomic E-state index is -1.24. The van der Waals surface area contributed by atoms with E-state index >= 15 is 0 Å². The number of nitrogens with one attached hydrogen (secondary N) is 2. The number of benzene rings is 1. The van der Waals surface area contributed by atoms with Gasteiger partial charge in [-0.1, -0.05) is 12.1 Å². The molecule has 0 saturated carbocycles. The lowest BCUT2D eigenvalue weighted by molar-refractivity contribution is 0.0686. The lowest BCUT2D eigenvalue weighted by Gasteiger charge is -2.06. The normalized spacial score (nSPS) is 10.3. The van der Waals surface area contributed by atoms with Crippen molar-refractivity contribution in [3.05, 3.63) is 47.5 Å². The third-order valence-corrected chi connectivity index (χ3v) is 2.88. The van der Waals surface area contributed by atoms with Gasteiger partial charge < -0.3 is 20.5 Å². The van der Waals surface area contributed by atoms with Crippen molar-refractivity contribution in [3.8, 4) is 0 Å². The zero-order valence-corrected chi connectivity index (χ0v) is 11.2. The molecule has 1 aromatic carbocycles. The van der Waals surface area contributed by atoms with Crippen molar-refractivity contribution in [1.82, 2.24) is 9.97 Å². The summed E-state index contributed by atoms with van der Waals surface area (Å²) in [6.45, 7) is 0.103. The van der Waals surface area contributed by atoms with Gasteiger partial charge >= 0.3 is 5.97 Å². The van der Waals surface area contributed by atoms with E-state index in [0.717, 1.165) is 11.9 Å². The van der Waals surface area contributed by atoms with Crippen molar-refractivity contribution >= 4 is 17.6 Å². The summed E-state index contributed by atoms with van der Waals surface area (Å²) < 4.78 is 0. The van der Waals surface area contributed by atoms with Gasteiger partial charge in [0.1, 0.15) is 0 Å². The Morgan fingerprint density at radius 3 is 2.86 bits per heavy atom. The van der Waals surface area contributed by atoms with E-state index in [9.17, 15) is 9.59 Å². The second-order valence-corrected chi connectivity index (χ2v) is 4.41. The maximum Gasteiger partial charge on any atom is 0.354 e. The molecule has 0 fully saturated rings. The molecule has 7 nitrogen and oxygen atoms in total. The van der Waals surface area contributed by atoms with Gasteiger partial charge in [-0.3, -0.25) is 4.79 Å². The van der Waals surface area contributed by atoms with E-state index in [0.29, 0.717) is 18.5 Å². The van der Waals surface area contributed by atoms with E-state index in [1.165, 1.54) is 0 Å². The SMILES string of the molecule is O=C(Nc1cccc(CCCO)c1)c1nc[nH]c1C(=O)O. The fraction of sp³-hybridized carbons (Fsp3) is 0.214. The van der Waals surface area contributed by atoms with Gasteiger partial charge in [-0.2, -0.15) is 0 Å². The van der Waals surface area contributed by atoms with Gasteiger partial charge in [0.25, 0.3) is 5.91 Å². The molecular formula is C14H15N3O4. The van der Waals surface area contributed by atoms with Gasteiger partial charge in [0.15, 0.2) is 11.4 Å². The fourth-order valence-electron chi connectivity index (χ4n) is 1.91. The topological polar surface area (TPSA) is 115 Å². The van der Waals surface area contributed by atoms with Crippen LogP contribution in [-0.2, 0) is 6.42 Å². The molecule has 0 spiro atoms. The molecule has 0 unspecified atom stereocenters. The van der Waals surface area contributed by atoms with Crippen LogP contribution in [0.4, 0.5) is 5.69 Å². The number of hydrogen-bond acceptors (Lipinski definition) is 4. The van der Waals surface area contributed by atoms with Gasteiger partial charge in [0.05, 0.1) is 6.33 Å². The highest BCUT2D eigenvalue weighted by Crippen LogP contribution is 2.14. The quantitative estimate of drug-likeness (QED) is 0.639. The largest absolute Gasteiger partial charge is 0.477 e. The second-order valence-electron chi connectivity index (χ2n) is 4.41. The highest BCUT2D eigenvalue weighted by Gasteiger charge is 2.19. The number of aliphatic hydroxyl groups excluding tert-OH is 1. The molecule has 1 amide bonds. The molecular weight excluding hydrogens is 274 g/mol. The molecule has 0 aliphatic rings. The molecule has 2 rings (SSSR count). The predicted octanol–water partition coefficient (Wildman–Crippen LogP) is 1.29. The second kappa shape index (κ2) is 6.67. The molecule has 0 aliphatic carbocycles. The Morgan fingerprint density at radius 2 is 2.14 bits per heavy atom. The number of carboxylic acids is 1. The van der Waals surface area contributed by atoms with Crippen LogP contribution in [0, 0.1) is 0 Å². The van der Waals surface area contributed by atoms with E-state index in [1.54, 1.807) is 18.2 Å². The highest BCUT2D eigenvalue weighted by molar-refractivity contribution is 6.08. The number of aromatic carboxylic acids is 1. The number of carbonyl (C=O) groups is 2. The Kier molecular flexibility index (Phi) is 4.68. The highest BCUT2D eigenvalue weighted by atomic mass is 16.4. The van der Waals surface area contributed by atoms with Crippen LogP contribution in [-0.4, -0.2) is 38.7 Å². The summed E-state index contributed by atoms with van der Waals surface area (Å²) in [5.74, 6) is -1.83. The van der Waals surface area contributed by atoms with Crippen molar-refractivity contribution < 1.29 is 19.8 Å². The van der Waals surface area contributed by atoms with Crippen molar-refractivity contribution in [3.63, 3.8) is 0 Å². The Labute approximate surface area is 120 Å². The number of aromatic nitrogens is 2. The molecule has 0 bridgehead atoms. The smallest absolute Gasteiger partial charge is 0.354 e. The Hall–Kier alpha value is -2.67. The molecule has 1 heterocycles. The van der Waals surface area contributed by atoms with E-state index < -0.39 is 11.9 Å². The molecule has 0 atom stereocenters. The summed E-state index contributed by atoms with van der Waals surface area (Å²) in [6.07, 6.45) is 2.50. The first-order valence-corrected chi connectivity index (χ1v) is 6.39. The third kappa shape index (κ3) is 3.67. The number of nitrogens with zero attached hydrogens (tertiary/aromatic N) is 1. The number of amides is 1. The van der Waals surface area contributed by atoms with Crippen molar-refractivity contribution in [2.75, 3.05) is 11.9 Å². The average Bonchev–Trinajstić information content (AvgIpc) is 2.95. The number of anilines is 1.